The first kappa shape index (κ1) is 13.8. The summed E-state index contributed by atoms with van der Waals surface area (Å²) in [7, 11) is 0. The summed E-state index contributed by atoms with van der Waals surface area (Å²) in [5.41, 5.74) is 6.87. The summed E-state index contributed by atoms with van der Waals surface area (Å²) >= 11 is 5.84. The maximum Gasteiger partial charge on any atom is 0.224 e. The molecule has 0 atom stereocenters. The van der Waals surface area contributed by atoms with Gasteiger partial charge in [-0.05, 0) is 24.6 Å². The third-order valence-corrected chi connectivity index (χ3v) is 2.78. The summed E-state index contributed by atoms with van der Waals surface area (Å²) in [6.45, 7) is 2.15. The molecule has 0 aliphatic carbocycles. The molecule has 0 unspecified atom stereocenters. The number of nitrogens with two attached hydrogens (primary N) is 1. The minimum absolute atomic E-state index is 0.00457. The van der Waals surface area contributed by atoms with Crippen LogP contribution in [0.2, 0.25) is 5.02 Å². The molecule has 0 aromatic heterocycles. The topological polar surface area (TPSA) is 55.1 Å². The van der Waals surface area contributed by atoms with Crippen LogP contribution in [0, 0.1) is 0 Å². The highest BCUT2D eigenvalue weighted by molar-refractivity contribution is 6.31. The van der Waals surface area contributed by atoms with Crippen molar-refractivity contribution in [2.75, 3.05) is 11.1 Å². The molecule has 4 heteroatoms. The molecule has 1 aromatic carbocycles. The van der Waals surface area contributed by atoms with Crippen LogP contribution in [-0.2, 0) is 4.79 Å². The summed E-state index contributed by atoms with van der Waals surface area (Å²) in [6.07, 6.45) is 4.89. The van der Waals surface area contributed by atoms with Gasteiger partial charge in [0.05, 0.1) is 11.4 Å². The van der Waals surface area contributed by atoms with Gasteiger partial charge in [-0.2, -0.15) is 0 Å². The van der Waals surface area contributed by atoms with Crippen molar-refractivity contribution in [1.82, 2.24) is 0 Å². The second-order valence-electron chi connectivity index (χ2n) is 4.09. The summed E-state index contributed by atoms with van der Waals surface area (Å²) in [4.78, 5) is 11.6. The second kappa shape index (κ2) is 7.17. The lowest BCUT2D eigenvalue weighted by Gasteiger charge is -2.08. The first-order valence-electron chi connectivity index (χ1n) is 5.98. The molecule has 0 spiro atoms. The molecule has 1 rings (SSSR count). The lowest BCUT2D eigenvalue weighted by Crippen LogP contribution is -2.12. The maximum atomic E-state index is 11.6. The Morgan fingerprint density at radius 2 is 2.12 bits per heavy atom. The van der Waals surface area contributed by atoms with Crippen LogP contribution >= 0.6 is 11.6 Å². The predicted octanol–water partition coefficient (Wildman–Crippen LogP) is 3.83. The van der Waals surface area contributed by atoms with E-state index < -0.39 is 0 Å². The number of halogens is 1. The summed E-state index contributed by atoms with van der Waals surface area (Å²) in [5.74, 6) is -0.00457. The third-order valence-electron chi connectivity index (χ3n) is 2.55. The fourth-order valence-electron chi connectivity index (χ4n) is 1.56. The van der Waals surface area contributed by atoms with Crippen molar-refractivity contribution in [3.63, 3.8) is 0 Å². The molecule has 0 saturated carbocycles. The van der Waals surface area contributed by atoms with Gasteiger partial charge in [0, 0.05) is 11.4 Å². The molecule has 94 valence electrons. The van der Waals surface area contributed by atoms with Gasteiger partial charge in [-0.3, -0.25) is 4.79 Å². The number of unbranched alkanes of at least 4 members (excludes halogenated alkanes) is 3. The second-order valence-corrected chi connectivity index (χ2v) is 4.53. The maximum absolute atomic E-state index is 11.6. The van der Waals surface area contributed by atoms with Crippen LogP contribution in [0.25, 0.3) is 0 Å². The number of nitrogens with one attached hydrogen (secondary N) is 1. The number of rotatable bonds is 6. The van der Waals surface area contributed by atoms with E-state index in [0.29, 0.717) is 22.8 Å². The summed E-state index contributed by atoms with van der Waals surface area (Å²) < 4.78 is 0. The number of nitrogen functional groups attached to an aromatic ring is 1. The van der Waals surface area contributed by atoms with E-state index in [9.17, 15) is 4.79 Å². The number of carbonyl (C=O) groups excluding carboxylic acids is 1. The van der Waals surface area contributed by atoms with Crippen LogP contribution in [0.3, 0.4) is 0 Å². The minimum atomic E-state index is -0.00457. The standard InChI is InChI=1S/C13H19ClN2O/c1-2-3-4-5-6-13(17)16-12-9-10(14)7-8-11(12)15/h7-9H,2-6,15H2,1H3,(H,16,17). The SMILES string of the molecule is CCCCCCC(=O)Nc1cc(Cl)ccc1N. The molecule has 0 saturated heterocycles. The van der Waals surface area contributed by atoms with Crippen LogP contribution in [0.15, 0.2) is 18.2 Å². The average Bonchev–Trinajstić information content (AvgIpc) is 2.29. The highest BCUT2D eigenvalue weighted by Crippen LogP contribution is 2.23. The Hall–Kier alpha value is -1.22. The van der Waals surface area contributed by atoms with Crippen molar-refractivity contribution in [3.05, 3.63) is 23.2 Å². The van der Waals surface area contributed by atoms with Crippen LogP contribution in [0.1, 0.15) is 39.0 Å². The Morgan fingerprint density at radius 3 is 2.82 bits per heavy atom. The lowest BCUT2D eigenvalue weighted by atomic mass is 10.1. The number of amides is 1. The zero-order chi connectivity index (χ0) is 12.7. The first-order chi connectivity index (χ1) is 8.13. The van der Waals surface area contributed by atoms with E-state index in [1.54, 1.807) is 18.2 Å². The molecular formula is C13H19ClN2O. The number of carbonyl (C=O) groups is 1. The Bertz CT molecular complexity index is 380. The van der Waals surface area contributed by atoms with Crippen molar-refractivity contribution in [2.24, 2.45) is 0 Å². The fraction of sp³-hybridized carbons (Fsp3) is 0.462. The normalized spacial score (nSPS) is 10.2. The van der Waals surface area contributed by atoms with Crippen molar-refractivity contribution in [2.45, 2.75) is 39.0 Å². The highest BCUT2D eigenvalue weighted by Gasteiger charge is 2.05. The van der Waals surface area contributed by atoms with Gasteiger partial charge in [0.2, 0.25) is 5.91 Å². The number of hydrogen-bond acceptors (Lipinski definition) is 2. The van der Waals surface area contributed by atoms with E-state index in [-0.39, 0.29) is 5.91 Å². The third kappa shape index (κ3) is 5.09. The number of benzene rings is 1. The quantitative estimate of drug-likeness (QED) is 0.599. The summed E-state index contributed by atoms with van der Waals surface area (Å²) in [5, 5.41) is 3.35. The molecule has 0 aliphatic heterocycles. The number of anilines is 2. The monoisotopic (exact) mass is 254 g/mol. The van der Waals surface area contributed by atoms with Crippen LogP contribution in [0.4, 0.5) is 11.4 Å². The zero-order valence-corrected chi connectivity index (χ0v) is 10.9. The minimum Gasteiger partial charge on any atom is -0.397 e. The van der Waals surface area contributed by atoms with Gasteiger partial charge >= 0.3 is 0 Å². The highest BCUT2D eigenvalue weighted by atomic mass is 35.5. The Labute approximate surface area is 107 Å². The molecule has 1 amide bonds. The molecule has 0 fully saturated rings. The molecule has 3 nitrogen and oxygen atoms in total. The molecule has 0 bridgehead atoms. The van der Waals surface area contributed by atoms with Gasteiger partial charge in [0.25, 0.3) is 0 Å². The molecule has 0 radical (unpaired) electrons. The van der Waals surface area contributed by atoms with Crippen molar-refractivity contribution < 1.29 is 4.79 Å². The number of hydrogen-bond donors (Lipinski definition) is 2. The van der Waals surface area contributed by atoms with E-state index in [2.05, 4.69) is 12.2 Å². The molecule has 17 heavy (non-hydrogen) atoms. The van der Waals surface area contributed by atoms with E-state index in [1.807, 2.05) is 0 Å². The molecule has 0 heterocycles. The van der Waals surface area contributed by atoms with Crippen molar-refractivity contribution in [1.29, 1.82) is 0 Å². The zero-order valence-electron chi connectivity index (χ0n) is 10.1. The Kier molecular flexibility index (Phi) is 5.84. The van der Waals surface area contributed by atoms with Gasteiger partial charge in [-0.25, -0.2) is 0 Å². The van der Waals surface area contributed by atoms with Crippen LogP contribution in [0.5, 0.6) is 0 Å². The predicted molar refractivity (Wildman–Crippen MR) is 73.3 cm³/mol. The lowest BCUT2D eigenvalue weighted by molar-refractivity contribution is -0.116. The Balaban J connectivity index is 2.42. The molecule has 1 aromatic rings. The van der Waals surface area contributed by atoms with Crippen molar-refractivity contribution >= 4 is 28.9 Å². The average molecular weight is 255 g/mol. The van der Waals surface area contributed by atoms with Gasteiger partial charge in [0.15, 0.2) is 0 Å². The van der Waals surface area contributed by atoms with E-state index in [4.69, 9.17) is 17.3 Å². The molecule has 3 N–H and O–H groups in total. The molecular weight excluding hydrogens is 236 g/mol. The van der Waals surface area contributed by atoms with Gasteiger partial charge < -0.3 is 11.1 Å². The van der Waals surface area contributed by atoms with Crippen molar-refractivity contribution in [3.8, 4) is 0 Å². The first-order valence-corrected chi connectivity index (χ1v) is 6.36. The summed E-state index contributed by atoms with van der Waals surface area (Å²) in [6, 6.07) is 5.06. The van der Waals surface area contributed by atoms with E-state index in [1.165, 1.54) is 12.8 Å². The molecule has 0 aliphatic rings. The van der Waals surface area contributed by atoms with Crippen LogP contribution in [-0.4, -0.2) is 5.91 Å². The van der Waals surface area contributed by atoms with Gasteiger partial charge in [0.1, 0.15) is 0 Å². The van der Waals surface area contributed by atoms with Gasteiger partial charge in [-0.1, -0.05) is 37.8 Å². The smallest absolute Gasteiger partial charge is 0.224 e. The Morgan fingerprint density at radius 1 is 1.35 bits per heavy atom. The van der Waals surface area contributed by atoms with Crippen LogP contribution < -0.4 is 11.1 Å². The fourth-order valence-corrected chi connectivity index (χ4v) is 1.73. The largest absolute Gasteiger partial charge is 0.397 e. The van der Waals surface area contributed by atoms with E-state index >= 15 is 0 Å². The van der Waals surface area contributed by atoms with Gasteiger partial charge in [-0.15, -0.1) is 0 Å². The van der Waals surface area contributed by atoms with E-state index in [0.717, 1.165) is 12.8 Å².